The Bertz CT molecular complexity index is 787. The van der Waals surface area contributed by atoms with Gasteiger partial charge in [-0.2, -0.15) is 0 Å². The van der Waals surface area contributed by atoms with Crippen molar-refractivity contribution >= 4 is 44.5 Å². The van der Waals surface area contributed by atoms with Crippen molar-refractivity contribution in [2.75, 3.05) is 14.2 Å². The van der Waals surface area contributed by atoms with Gasteiger partial charge in [-0.05, 0) is 17.7 Å². The number of ether oxygens (including phenoxy) is 2. The average Bonchev–Trinajstić information content (AvgIpc) is 2.94. The number of aliphatic imine (C=N–C) groups is 1. The van der Waals surface area contributed by atoms with Crippen LogP contribution in [0.25, 0.3) is 10.2 Å². The molecule has 0 N–H and O–H groups in total. The van der Waals surface area contributed by atoms with Crippen LogP contribution in [0.4, 0.5) is 5.13 Å². The van der Waals surface area contributed by atoms with Crippen LogP contribution in [0.15, 0.2) is 41.4 Å². The summed E-state index contributed by atoms with van der Waals surface area (Å²) in [6, 6.07) is 11.2. The fourth-order valence-corrected chi connectivity index (χ4v) is 2.92. The first-order chi connectivity index (χ1) is 10.7. The van der Waals surface area contributed by atoms with Gasteiger partial charge in [0.15, 0.2) is 11.5 Å². The highest BCUT2D eigenvalue weighted by Gasteiger charge is 2.09. The molecule has 0 atom stereocenters. The molecule has 0 radical (unpaired) electrons. The number of rotatable bonds is 4. The molecule has 0 aliphatic carbocycles. The Morgan fingerprint density at radius 2 is 1.77 bits per heavy atom. The van der Waals surface area contributed by atoms with E-state index in [4.69, 9.17) is 21.1 Å². The molecule has 0 aliphatic heterocycles. The van der Waals surface area contributed by atoms with E-state index in [1.807, 2.05) is 36.4 Å². The standard InChI is InChI=1S/C16H13ClN2O2S/c1-20-13-7-12-15(8-14(13)21-2)22-16(19-12)18-9-10-3-5-11(17)6-4-10/h3-9H,1-2H3/b18-9+. The summed E-state index contributed by atoms with van der Waals surface area (Å²) in [5.74, 6) is 1.35. The van der Waals surface area contributed by atoms with Crippen LogP contribution in [0, 0.1) is 0 Å². The van der Waals surface area contributed by atoms with Gasteiger partial charge in [0.25, 0.3) is 0 Å². The van der Waals surface area contributed by atoms with Gasteiger partial charge in [0, 0.05) is 23.4 Å². The molecule has 0 spiro atoms. The van der Waals surface area contributed by atoms with Gasteiger partial charge in [-0.1, -0.05) is 35.1 Å². The molecule has 0 aliphatic rings. The van der Waals surface area contributed by atoms with E-state index in [2.05, 4.69) is 9.98 Å². The smallest absolute Gasteiger partial charge is 0.210 e. The van der Waals surface area contributed by atoms with Crippen molar-refractivity contribution in [2.45, 2.75) is 0 Å². The Morgan fingerprint density at radius 3 is 2.45 bits per heavy atom. The Hall–Kier alpha value is -2.11. The molecule has 22 heavy (non-hydrogen) atoms. The van der Waals surface area contributed by atoms with Crippen LogP contribution in [-0.2, 0) is 0 Å². The zero-order chi connectivity index (χ0) is 15.5. The average molecular weight is 333 g/mol. The maximum Gasteiger partial charge on any atom is 0.210 e. The number of hydrogen-bond donors (Lipinski definition) is 0. The van der Waals surface area contributed by atoms with E-state index in [0.29, 0.717) is 21.7 Å². The van der Waals surface area contributed by atoms with Gasteiger partial charge < -0.3 is 9.47 Å². The normalized spacial score (nSPS) is 11.2. The molecular weight excluding hydrogens is 320 g/mol. The van der Waals surface area contributed by atoms with Gasteiger partial charge >= 0.3 is 0 Å². The summed E-state index contributed by atoms with van der Waals surface area (Å²) >= 11 is 7.36. The molecule has 0 saturated heterocycles. The largest absolute Gasteiger partial charge is 0.493 e. The van der Waals surface area contributed by atoms with Crippen LogP contribution < -0.4 is 9.47 Å². The quantitative estimate of drug-likeness (QED) is 0.649. The van der Waals surface area contributed by atoms with E-state index in [9.17, 15) is 0 Å². The molecule has 3 rings (SSSR count). The second-order valence-corrected chi connectivity index (χ2v) is 5.93. The van der Waals surface area contributed by atoms with Crippen molar-refractivity contribution in [1.82, 2.24) is 4.98 Å². The van der Waals surface area contributed by atoms with Gasteiger partial charge in [-0.3, -0.25) is 0 Å². The lowest BCUT2D eigenvalue weighted by Gasteiger charge is -2.05. The third kappa shape index (κ3) is 3.05. The van der Waals surface area contributed by atoms with E-state index in [1.165, 1.54) is 11.3 Å². The Kier molecular flexibility index (Phi) is 4.27. The maximum atomic E-state index is 5.86. The number of fused-ring (bicyclic) bond motifs is 1. The number of hydrogen-bond acceptors (Lipinski definition) is 5. The Labute approximate surface area is 137 Å². The molecule has 3 aromatic rings. The molecular formula is C16H13ClN2O2S. The third-order valence-electron chi connectivity index (χ3n) is 3.08. The molecule has 1 aromatic heterocycles. The minimum absolute atomic E-state index is 0.661. The van der Waals surface area contributed by atoms with Crippen molar-refractivity contribution < 1.29 is 9.47 Å². The monoisotopic (exact) mass is 332 g/mol. The van der Waals surface area contributed by atoms with Crippen LogP contribution in [-0.4, -0.2) is 25.4 Å². The SMILES string of the molecule is COc1cc2nc(/N=C/c3ccc(Cl)cc3)sc2cc1OC. The Balaban J connectivity index is 1.93. The molecule has 6 heteroatoms. The third-order valence-corrected chi connectivity index (χ3v) is 4.25. The summed E-state index contributed by atoms with van der Waals surface area (Å²) in [7, 11) is 3.22. The molecule has 0 amide bonds. The van der Waals surface area contributed by atoms with Gasteiger partial charge in [-0.25, -0.2) is 9.98 Å². The van der Waals surface area contributed by atoms with E-state index >= 15 is 0 Å². The first-order valence-corrected chi connectivity index (χ1v) is 7.71. The number of nitrogens with zero attached hydrogens (tertiary/aromatic N) is 2. The van der Waals surface area contributed by atoms with E-state index in [1.54, 1.807) is 20.4 Å². The second-order valence-electron chi connectivity index (χ2n) is 4.48. The molecule has 1 heterocycles. The van der Waals surface area contributed by atoms with E-state index in [-0.39, 0.29) is 0 Å². The molecule has 0 saturated carbocycles. The van der Waals surface area contributed by atoms with Crippen LogP contribution in [0.5, 0.6) is 11.5 Å². The lowest BCUT2D eigenvalue weighted by molar-refractivity contribution is 0.356. The fraction of sp³-hybridized carbons (Fsp3) is 0.125. The van der Waals surface area contributed by atoms with Crippen LogP contribution in [0.2, 0.25) is 5.02 Å². The summed E-state index contributed by atoms with van der Waals surface area (Å²) in [6.45, 7) is 0. The molecule has 4 nitrogen and oxygen atoms in total. The highest BCUT2D eigenvalue weighted by molar-refractivity contribution is 7.22. The summed E-state index contributed by atoms with van der Waals surface area (Å²) in [6.07, 6.45) is 1.77. The van der Waals surface area contributed by atoms with Crippen molar-refractivity contribution in [3.63, 3.8) is 0 Å². The van der Waals surface area contributed by atoms with Crippen LogP contribution in [0.1, 0.15) is 5.56 Å². The molecule has 0 bridgehead atoms. The second kappa shape index (κ2) is 6.34. The van der Waals surface area contributed by atoms with Gasteiger partial charge in [0.2, 0.25) is 5.13 Å². The van der Waals surface area contributed by atoms with Crippen molar-refractivity contribution in [1.29, 1.82) is 0 Å². The highest BCUT2D eigenvalue weighted by Crippen LogP contribution is 2.36. The number of methoxy groups -OCH3 is 2. The van der Waals surface area contributed by atoms with E-state index < -0.39 is 0 Å². The van der Waals surface area contributed by atoms with E-state index in [0.717, 1.165) is 15.8 Å². The number of halogens is 1. The topological polar surface area (TPSA) is 43.7 Å². The van der Waals surface area contributed by atoms with Crippen molar-refractivity contribution in [3.8, 4) is 11.5 Å². The van der Waals surface area contributed by atoms with Gasteiger partial charge in [0.05, 0.1) is 24.4 Å². The molecule has 2 aromatic carbocycles. The first-order valence-electron chi connectivity index (χ1n) is 6.52. The highest BCUT2D eigenvalue weighted by atomic mass is 35.5. The summed E-state index contributed by atoms with van der Waals surface area (Å²) in [5, 5.41) is 1.39. The predicted molar refractivity (Wildman–Crippen MR) is 91.4 cm³/mol. The van der Waals surface area contributed by atoms with Crippen molar-refractivity contribution in [2.24, 2.45) is 4.99 Å². The predicted octanol–water partition coefficient (Wildman–Crippen LogP) is 4.72. The molecule has 0 fully saturated rings. The minimum atomic E-state index is 0.661. The summed E-state index contributed by atoms with van der Waals surface area (Å²) in [4.78, 5) is 8.90. The van der Waals surface area contributed by atoms with Gasteiger partial charge in [0.1, 0.15) is 0 Å². The van der Waals surface area contributed by atoms with Crippen LogP contribution in [0.3, 0.4) is 0 Å². The fourth-order valence-electron chi connectivity index (χ4n) is 1.98. The number of benzene rings is 2. The lowest BCUT2D eigenvalue weighted by Crippen LogP contribution is -1.89. The zero-order valence-electron chi connectivity index (χ0n) is 12.0. The summed E-state index contributed by atoms with van der Waals surface area (Å²) in [5.41, 5.74) is 1.81. The van der Waals surface area contributed by atoms with Crippen LogP contribution >= 0.6 is 22.9 Å². The Morgan fingerprint density at radius 1 is 1.09 bits per heavy atom. The number of thiazole rings is 1. The first kappa shape index (κ1) is 14.8. The summed E-state index contributed by atoms with van der Waals surface area (Å²) < 4.78 is 11.6. The van der Waals surface area contributed by atoms with Gasteiger partial charge in [-0.15, -0.1) is 0 Å². The minimum Gasteiger partial charge on any atom is -0.493 e. The zero-order valence-corrected chi connectivity index (χ0v) is 13.6. The maximum absolute atomic E-state index is 5.86. The number of aromatic nitrogens is 1. The molecule has 0 unspecified atom stereocenters. The lowest BCUT2D eigenvalue weighted by atomic mass is 10.2. The molecule has 112 valence electrons. The van der Waals surface area contributed by atoms with Crippen molar-refractivity contribution in [3.05, 3.63) is 47.0 Å².